The van der Waals surface area contributed by atoms with Gasteiger partial charge in [0.1, 0.15) is 5.82 Å². The van der Waals surface area contributed by atoms with Gasteiger partial charge in [-0.3, -0.25) is 9.36 Å². The molecule has 2 aliphatic carbocycles. The van der Waals surface area contributed by atoms with Crippen molar-refractivity contribution in [1.29, 1.82) is 0 Å². The van der Waals surface area contributed by atoms with Crippen LogP contribution in [0.2, 0.25) is 0 Å². The summed E-state index contributed by atoms with van der Waals surface area (Å²) in [5.41, 5.74) is 12.8. The highest BCUT2D eigenvalue weighted by molar-refractivity contribution is 6.03. The Morgan fingerprint density at radius 2 is 1.44 bits per heavy atom. The number of fused-ring (bicyclic) bond motifs is 10. The lowest BCUT2D eigenvalue weighted by atomic mass is 9.80. The molecule has 5 aromatic carbocycles. The second-order valence-corrected chi connectivity index (χ2v) is 12.9. The topological polar surface area (TPSA) is 47.8 Å². The highest BCUT2D eigenvalue weighted by Gasteiger charge is 2.39. The molecule has 0 fully saturated rings. The van der Waals surface area contributed by atoms with Crippen molar-refractivity contribution in [3.63, 3.8) is 0 Å². The molecular formula is C41H31N3O. The van der Waals surface area contributed by atoms with Crippen molar-refractivity contribution in [2.24, 2.45) is 0 Å². The van der Waals surface area contributed by atoms with Gasteiger partial charge in [0.2, 0.25) is 0 Å². The minimum absolute atomic E-state index is 0.0201. The summed E-state index contributed by atoms with van der Waals surface area (Å²) in [7, 11) is 0. The molecule has 4 nitrogen and oxygen atoms in total. The van der Waals surface area contributed by atoms with Crippen LogP contribution in [0.15, 0.2) is 126 Å². The molecule has 9 rings (SSSR count). The first-order valence-electron chi connectivity index (χ1n) is 15.7. The number of aryl methyl sites for hydroxylation is 1. The maximum atomic E-state index is 14.0. The lowest BCUT2D eigenvalue weighted by molar-refractivity contribution is 0.658. The van der Waals surface area contributed by atoms with Crippen molar-refractivity contribution in [1.82, 2.24) is 14.5 Å². The van der Waals surface area contributed by atoms with E-state index in [2.05, 4.69) is 80.6 Å². The van der Waals surface area contributed by atoms with Gasteiger partial charge in [0.15, 0.2) is 0 Å². The van der Waals surface area contributed by atoms with E-state index in [1.807, 2.05) is 48.5 Å². The van der Waals surface area contributed by atoms with Crippen LogP contribution in [0.4, 0.5) is 0 Å². The number of benzene rings is 5. The average Bonchev–Trinajstić information content (AvgIpc) is 3.20. The van der Waals surface area contributed by atoms with Crippen LogP contribution < -0.4 is 5.56 Å². The molecule has 2 heterocycles. The predicted octanol–water partition coefficient (Wildman–Crippen LogP) is 8.99. The monoisotopic (exact) mass is 581 g/mol. The minimum Gasteiger partial charge on any atom is -0.276 e. The Kier molecular flexibility index (Phi) is 5.55. The van der Waals surface area contributed by atoms with E-state index in [0.717, 1.165) is 35.3 Å². The van der Waals surface area contributed by atoms with Gasteiger partial charge in [-0.2, -0.15) is 0 Å². The number of nitrogens with zero attached hydrogens (tertiary/aromatic N) is 3. The molecular weight excluding hydrogens is 550 g/mol. The van der Waals surface area contributed by atoms with E-state index < -0.39 is 0 Å². The van der Waals surface area contributed by atoms with Crippen molar-refractivity contribution in [3.8, 4) is 27.9 Å². The summed E-state index contributed by atoms with van der Waals surface area (Å²) in [4.78, 5) is 24.3. The highest BCUT2D eigenvalue weighted by atomic mass is 16.1. The van der Waals surface area contributed by atoms with Crippen LogP contribution in [0.1, 0.15) is 54.3 Å². The van der Waals surface area contributed by atoms with E-state index in [1.54, 1.807) is 10.8 Å². The van der Waals surface area contributed by atoms with Gasteiger partial charge in [-0.15, -0.1) is 0 Å². The van der Waals surface area contributed by atoms with E-state index in [4.69, 9.17) is 9.97 Å². The van der Waals surface area contributed by atoms with Gasteiger partial charge in [-0.05, 0) is 75.5 Å². The lowest BCUT2D eigenvalue weighted by Gasteiger charge is -2.24. The van der Waals surface area contributed by atoms with Gasteiger partial charge >= 0.3 is 0 Å². The minimum atomic E-state index is -0.105. The molecule has 0 N–H and O–H groups in total. The van der Waals surface area contributed by atoms with Crippen LogP contribution in [0.25, 0.3) is 49.7 Å². The standard InChI is InChI=1S/C41H31N3O/c1-41(2)33-18-10-8-16-30(33)37-34(41)23-22-28-29(21-20-25-12-6-7-15-27(25)36(28)37)39-42-24-32-38(43-39)31-17-9-11-19-35(31)44(40(32)45)26-13-4-3-5-14-26/h3-19,22-24,29H,20-21H2,1-2H3. The van der Waals surface area contributed by atoms with E-state index >= 15 is 0 Å². The van der Waals surface area contributed by atoms with Gasteiger partial charge in [-0.25, -0.2) is 9.97 Å². The maximum absolute atomic E-state index is 14.0. The SMILES string of the molecule is CC1(C)c2ccccc2-c2c1ccc1c2-c2ccccc2CCC1c1ncc2c(=O)n(-c3ccccc3)c3ccccc3c2n1. The molecule has 0 saturated heterocycles. The molecule has 1 unspecified atom stereocenters. The largest absolute Gasteiger partial charge is 0.276 e. The molecule has 0 bridgehead atoms. The summed E-state index contributed by atoms with van der Waals surface area (Å²) in [5.74, 6) is 0.748. The first kappa shape index (κ1) is 26.1. The number of para-hydroxylation sites is 2. The maximum Gasteiger partial charge on any atom is 0.266 e. The van der Waals surface area contributed by atoms with Crippen LogP contribution >= 0.6 is 0 Å². The molecule has 1 atom stereocenters. The Morgan fingerprint density at radius 1 is 0.711 bits per heavy atom. The molecule has 45 heavy (non-hydrogen) atoms. The summed E-state index contributed by atoms with van der Waals surface area (Å²) >= 11 is 0. The van der Waals surface area contributed by atoms with Crippen molar-refractivity contribution in [2.75, 3.05) is 0 Å². The molecule has 216 valence electrons. The summed E-state index contributed by atoms with van der Waals surface area (Å²) in [5, 5.41) is 1.48. The highest BCUT2D eigenvalue weighted by Crippen LogP contribution is 2.55. The molecule has 2 aromatic heterocycles. The molecule has 4 heteroatoms. The second-order valence-electron chi connectivity index (χ2n) is 12.9. The molecule has 0 saturated carbocycles. The lowest BCUT2D eigenvalue weighted by Crippen LogP contribution is -2.20. The third-order valence-electron chi connectivity index (χ3n) is 10.1. The second kappa shape index (κ2) is 9.57. The van der Waals surface area contributed by atoms with Crippen molar-refractivity contribution >= 4 is 21.8 Å². The van der Waals surface area contributed by atoms with Gasteiger partial charge in [0, 0.05) is 28.6 Å². The first-order valence-corrected chi connectivity index (χ1v) is 15.7. The summed E-state index contributed by atoms with van der Waals surface area (Å²) in [6.07, 6.45) is 3.57. The zero-order valence-corrected chi connectivity index (χ0v) is 25.3. The Morgan fingerprint density at radius 3 is 2.31 bits per heavy atom. The number of hydrogen-bond donors (Lipinski definition) is 0. The van der Waals surface area contributed by atoms with E-state index in [-0.39, 0.29) is 16.9 Å². The first-order chi connectivity index (χ1) is 22.0. The smallest absolute Gasteiger partial charge is 0.266 e. The molecule has 0 amide bonds. The fourth-order valence-corrected chi connectivity index (χ4v) is 7.95. The molecule has 7 aromatic rings. The number of aromatic nitrogens is 3. The summed E-state index contributed by atoms with van der Waals surface area (Å²) < 4.78 is 1.78. The van der Waals surface area contributed by atoms with Gasteiger partial charge in [0.05, 0.1) is 16.4 Å². The zero-order valence-electron chi connectivity index (χ0n) is 25.3. The fraction of sp³-hybridized carbons (Fsp3) is 0.146. The molecule has 0 radical (unpaired) electrons. The van der Waals surface area contributed by atoms with Crippen LogP contribution in [0.3, 0.4) is 0 Å². The van der Waals surface area contributed by atoms with E-state index in [1.165, 1.54) is 44.5 Å². The van der Waals surface area contributed by atoms with Crippen LogP contribution in [-0.2, 0) is 11.8 Å². The third kappa shape index (κ3) is 3.69. The summed E-state index contributed by atoms with van der Waals surface area (Å²) in [6, 6.07) is 40.3. The predicted molar refractivity (Wildman–Crippen MR) is 182 cm³/mol. The van der Waals surface area contributed by atoms with Gasteiger partial charge in [0.25, 0.3) is 5.56 Å². The molecule has 0 spiro atoms. The average molecular weight is 582 g/mol. The van der Waals surface area contributed by atoms with Crippen molar-refractivity contribution in [3.05, 3.63) is 160 Å². The summed E-state index contributed by atoms with van der Waals surface area (Å²) in [6.45, 7) is 4.67. The normalized spacial score (nSPS) is 16.1. The van der Waals surface area contributed by atoms with Crippen molar-refractivity contribution in [2.45, 2.75) is 38.0 Å². The Hall–Kier alpha value is -5.35. The van der Waals surface area contributed by atoms with Crippen LogP contribution in [0, 0.1) is 0 Å². The van der Waals surface area contributed by atoms with Gasteiger partial charge in [-0.1, -0.05) is 111 Å². The number of rotatable bonds is 2. The van der Waals surface area contributed by atoms with Crippen LogP contribution in [-0.4, -0.2) is 14.5 Å². The van der Waals surface area contributed by atoms with Gasteiger partial charge < -0.3 is 0 Å². The number of pyridine rings is 1. The van der Waals surface area contributed by atoms with E-state index in [0.29, 0.717) is 10.9 Å². The fourth-order valence-electron chi connectivity index (χ4n) is 7.95. The van der Waals surface area contributed by atoms with E-state index in [9.17, 15) is 4.79 Å². The molecule has 0 aliphatic heterocycles. The third-order valence-corrected chi connectivity index (χ3v) is 10.1. The number of hydrogen-bond acceptors (Lipinski definition) is 3. The Balaban J connectivity index is 1.31. The zero-order chi connectivity index (χ0) is 30.3. The Bertz CT molecular complexity index is 2390. The van der Waals surface area contributed by atoms with Crippen LogP contribution in [0.5, 0.6) is 0 Å². The Labute approximate surface area is 261 Å². The molecule has 2 aliphatic rings. The quantitative estimate of drug-likeness (QED) is 0.192. The van der Waals surface area contributed by atoms with Crippen molar-refractivity contribution < 1.29 is 0 Å².